The molecular weight excluding hydrogens is 202 g/mol. The van der Waals surface area contributed by atoms with Crippen molar-refractivity contribution in [2.45, 2.75) is 45.4 Å². The lowest BCUT2D eigenvalue weighted by atomic mass is 9.99. The molecule has 16 heavy (non-hydrogen) atoms. The fourth-order valence-electron chi connectivity index (χ4n) is 2.47. The molecule has 2 N–H and O–H groups in total. The summed E-state index contributed by atoms with van der Waals surface area (Å²) in [7, 11) is 0. The molecule has 2 heterocycles. The third-order valence-electron chi connectivity index (χ3n) is 3.39. The van der Waals surface area contributed by atoms with Crippen molar-refractivity contribution in [2.24, 2.45) is 11.7 Å². The van der Waals surface area contributed by atoms with E-state index in [1.54, 1.807) is 0 Å². The van der Waals surface area contributed by atoms with E-state index in [1.807, 2.05) is 19.4 Å². The van der Waals surface area contributed by atoms with Crippen molar-refractivity contribution in [3.05, 3.63) is 18.2 Å². The summed E-state index contributed by atoms with van der Waals surface area (Å²) in [6, 6.07) is 0.0462. The van der Waals surface area contributed by atoms with Gasteiger partial charge in [-0.05, 0) is 19.8 Å². The molecule has 3 atom stereocenters. The lowest BCUT2D eigenvalue weighted by Crippen LogP contribution is -2.22. The van der Waals surface area contributed by atoms with Crippen molar-refractivity contribution in [2.75, 3.05) is 6.61 Å². The molecule has 2 rings (SSSR count). The smallest absolute Gasteiger partial charge is 0.0948 e. The van der Waals surface area contributed by atoms with Gasteiger partial charge >= 0.3 is 0 Å². The van der Waals surface area contributed by atoms with Gasteiger partial charge in [-0.25, -0.2) is 4.98 Å². The number of hydrogen-bond acceptors (Lipinski definition) is 3. The third-order valence-corrected chi connectivity index (χ3v) is 3.39. The van der Waals surface area contributed by atoms with Crippen LogP contribution in [0.5, 0.6) is 0 Å². The van der Waals surface area contributed by atoms with Crippen LogP contribution in [0.4, 0.5) is 0 Å². The van der Waals surface area contributed by atoms with Crippen LogP contribution >= 0.6 is 0 Å². The van der Waals surface area contributed by atoms with E-state index >= 15 is 0 Å². The monoisotopic (exact) mass is 223 g/mol. The Bertz CT molecular complexity index is 335. The van der Waals surface area contributed by atoms with Crippen LogP contribution in [0.2, 0.25) is 0 Å². The summed E-state index contributed by atoms with van der Waals surface area (Å²) >= 11 is 0. The molecule has 1 aromatic rings. The molecule has 0 spiro atoms. The van der Waals surface area contributed by atoms with E-state index in [0.717, 1.165) is 31.7 Å². The van der Waals surface area contributed by atoms with E-state index in [4.69, 9.17) is 10.5 Å². The predicted molar refractivity (Wildman–Crippen MR) is 63.0 cm³/mol. The molecule has 1 aromatic heterocycles. The first-order valence-electron chi connectivity index (χ1n) is 6.09. The van der Waals surface area contributed by atoms with E-state index in [-0.39, 0.29) is 6.04 Å². The Morgan fingerprint density at radius 3 is 3.19 bits per heavy atom. The van der Waals surface area contributed by atoms with Gasteiger partial charge in [0.25, 0.3) is 0 Å². The lowest BCUT2D eigenvalue weighted by molar-refractivity contribution is 0.0832. The predicted octanol–water partition coefficient (Wildman–Crippen LogP) is 1.72. The molecule has 0 bridgehead atoms. The van der Waals surface area contributed by atoms with Crippen LogP contribution in [-0.4, -0.2) is 22.3 Å². The second-order valence-corrected chi connectivity index (χ2v) is 4.63. The maximum atomic E-state index is 5.91. The molecule has 1 saturated heterocycles. The highest BCUT2D eigenvalue weighted by molar-refractivity contribution is 5.03. The lowest BCUT2D eigenvalue weighted by Gasteiger charge is -2.19. The molecule has 0 aliphatic carbocycles. The summed E-state index contributed by atoms with van der Waals surface area (Å²) in [5.41, 5.74) is 7.02. The minimum Gasteiger partial charge on any atom is -0.378 e. The van der Waals surface area contributed by atoms with E-state index in [1.165, 1.54) is 0 Å². The van der Waals surface area contributed by atoms with Crippen LogP contribution in [0.3, 0.4) is 0 Å². The highest BCUT2D eigenvalue weighted by Crippen LogP contribution is 2.25. The van der Waals surface area contributed by atoms with Crippen LogP contribution in [-0.2, 0) is 11.3 Å². The van der Waals surface area contributed by atoms with E-state index in [0.29, 0.717) is 12.0 Å². The molecule has 1 aliphatic heterocycles. The van der Waals surface area contributed by atoms with Gasteiger partial charge in [0.15, 0.2) is 0 Å². The molecule has 4 heteroatoms. The number of nitrogens with zero attached hydrogens (tertiary/aromatic N) is 2. The Balaban J connectivity index is 2.05. The first kappa shape index (κ1) is 11.6. The molecule has 1 aliphatic rings. The molecule has 0 amide bonds. The quantitative estimate of drug-likeness (QED) is 0.845. The number of nitrogens with two attached hydrogens (primary N) is 1. The molecule has 0 radical (unpaired) electrons. The Hall–Kier alpha value is -0.870. The first-order chi connectivity index (χ1) is 7.72. The maximum Gasteiger partial charge on any atom is 0.0948 e. The largest absolute Gasteiger partial charge is 0.378 e. The average molecular weight is 223 g/mol. The van der Waals surface area contributed by atoms with Crippen LogP contribution in [0, 0.1) is 5.92 Å². The van der Waals surface area contributed by atoms with Gasteiger partial charge in [-0.2, -0.15) is 0 Å². The molecule has 0 saturated carbocycles. The second-order valence-electron chi connectivity index (χ2n) is 4.63. The minimum atomic E-state index is 0.0462. The van der Waals surface area contributed by atoms with Gasteiger partial charge in [-0.1, -0.05) is 6.92 Å². The highest BCUT2D eigenvalue weighted by Gasteiger charge is 2.27. The maximum absolute atomic E-state index is 5.91. The van der Waals surface area contributed by atoms with Crippen molar-refractivity contribution < 1.29 is 4.74 Å². The van der Waals surface area contributed by atoms with E-state index in [9.17, 15) is 0 Å². The Morgan fingerprint density at radius 1 is 1.69 bits per heavy atom. The SMILES string of the molecule is CCC1OCCC1Cn1cncc1[C@H](C)N. The first-order valence-corrected chi connectivity index (χ1v) is 6.09. The van der Waals surface area contributed by atoms with Gasteiger partial charge in [-0.15, -0.1) is 0 Å². The second kappa shape index (κ2) is 4.97. The van der Waals surface area contributed by atoms with Crippen molar-refractivity contribution in [1.82, 2.24) is 9.55 Å². The summed E-state index contributed by atoms with van der Waals surface area (Å²) < 4.78 is 7.87. The molecule has 0 aromatic carbocycles. The third kappa shape index (κ3) is 2.28. The molecule has 1 fully saturated rings. The zero-order valence-electron chi connectivity index (χ0n) is 10.1. The minimum absolute atomic E-state index is 0.0462. The van der Waals surface area contributed by atoms with Gasteiger partial charge in [0, 0.05) is 31.3 Å². The van der Waals surface area contributed by atoms with Crippen molar-refractivity contribution in [3.63, 3.8) is 0 Å². The van der Waals surface area contributed by atoms with Crippen LogP contribution in [0.15, 0.2) is 12.5 Å². The summed E-state index contributed by atoms with van der Waals surface area (Å²) in [4.78, 5) is 4.18. The molecule has 4 nitrogen and oxygen atoms in total. The number of rotatable bonds is 4. The summed E-state index contributed by atoms with van der Waals surface area (Å²) in [6.07, 6.45) is 6.39. The summed E-state index contributed by atoms with van der Waals surface area (Å²) in [6.45, 7) is 6.06. The van der Waals surface area contributed by atoms with Crippen LogP contribution in [0.1, 0.15) is 38.4 Å². The molecular formula is C12H21N3O. The van der Waals surface area contributed by atoms with Gasteiger partial charge in [0.1, 0.15) is 0 Å². The van der Waals surface area contributed by atoms with E-state index < -0.39 is 0 Å². The normalized spacial score (nSPS) is 27.2. The Morgan fingerprint density at radius 2 is 2.50 bits per heavy atom. The molecule has 2 unspecified atom stereocenters. The number of imidazole rings is 1. The summed E-state index contributed by atoms with van der Waals surface area (Å²) in [5.74, 6) is 0.608. The van der Waals surface area contributed by atoms with Crippen molar-refractivity contribution >= 4 is 0 Å². The Labute approximate surface area is 96.8 Å². The fourth-order valence-corrected chi connectivity index (χ4v) is 2.47. The zero-order valence-corrected chi connectivity index (χ0v) is 10.1. The Kier molecular flexibility index (Phi) is 3.61. The van der Waals surface area contributed by atoms with Gasteiger partial charge in [0.05, 0.1) is 18.1 Å². The highest BCUT2D eigenvalue weighted by atomic mass is 16.5. The zero-order chi connectivity index (χ0) is 11.5. The topological polar surface area (TPSA) is 53.1 Å². The van der Waals surface area contributed by atoms with Crippen molar-refractivity contribution in [1.29, 1.82) is 0 Å². The number of hydrogen-bond donors (Lipinski definition) is 1. The average Bonchev–Trinajstić information content (AvgIpc) is 2.86. The van der Waals surface area contributed by atoms with Crippen LogP contribution in [0.25, 0.3) is 0 Å². The number of ether oxygens (including phenoxy) is 1. The van der Waals surface area contributed by atoms with Crippen LogP contribution < -0.4 is 5.73 Å². The van der Waals surface area contributed by atoms with Gasteiger partial charge in [0.2, 0.25) is 0 Å². The number of aromatic nitrogens is 2. The summed E-state index contributed by atoms with van der Waals surface area (Å²) in [5, 5.41) is 0. The fraction of sp³-hybridized carbons (Fsp3) is 0.750. The van der Waals surface area contributed by atoms with Gasteiger partial charge < -0.3 is 15.0 Å². The van der Waals surface area contributed by atoms with Crippen molar-refractivity contribution in [3.8, 4) is 0 Å². The standard InChI is InChI=1S/C12H21N3O/c1-3-12-10(4-5-16-12)7-15-8-14-6-11(15)9(2)13/h6,8-10,12H,3-5,7,13H2,1-2H3/t9-,10?,12?/m0/s1. The molecule has 90 valence electrons. The van der Waals surface area contributed by atoms with E-state index in [2.05, 4.69) is 16.5 Å². The van der Waals surface area contributed by atoms with Gasteiger partial charge in [-0.3, -0.25) is 0 Å².